The van der Waals surface area contributed by atoms with Crippen LogP contribution in [0.4, 0.5) is 13.2 Å². The van der Waals surface area contributed by atoms with Gasteiger partial charge in [-0.3, -0.25) is 10.1 Å². The van der Waals surface area contributed by atoms with Gasteiger partial charge >= 0.3 is 6.18 Å². The van der Waals surface area contributed by atoms with Crippen LogP contribution in [0.2, 0.25) is 0 Å². The number of hydrogen-bond donors (Lipinski definition) is 2. The highest BCUT2D eigenvalue weighted by molar-refractivity contribution is 5.83. The van der Waals surface area contributed by atoms with Gasteiger partial charge in [-0.1, -0.05) is 48.5 Å². The summed E-state index contributed by atoms with van der Waals surface area (Å²) >= 11 is 0. The number of hydrogen-bond acceptors (Lipinski definition) is 4. The van der Waals surface area contributed by atoms with E-state index in [-0.39, 0.29) is 18.1 Å². The normalized spacial score (nSPS) is 13.2. The molecule has 0 aliphatic heterocycles. The number of alkyl halides is 3. The van der Waals surface area contributed by atoms with E-state index < -0.39 is 17.8 Å². The predicted molar refractivity (Wildman–Crippen MR) is 138 cm³/mol. The molecule has 0 aromatic heterocycles. The summed E-state index contributed by atoms with van der Waals surface area (Å²) in [6, 6.07) is 19.2. The van der Waals surface area contributed by atoms with Crippen LogP contribution in [0.3, 0.4) is 0 Å². The highest BCUT2D eigenvalue weighted by Crippen LogP contribution is 2.34. The van der Waals surface area contributed by atoms with Crippen molar-refractivity contribution in [2.24, 2.45) is 0 Å². The molecule has 0 unspecified atom stereocenters. The van der Waals surface area contributed by atoms with Crippen LogP contribution in [0.1, 0.15) is 54.6 Å². The van der Waals surface area contributed by atoms with Crippen LogP contribution in [0.25, 0.3) is 0 Å². The molecule has 1 amide bonds. The topological polar surface area (TPSA) is 59.6 Å². The molecule has 0 radical (unpaired) electrons. The van der Waals surface area contributed by atoms with E-state index in [1.54, 1.807) is 14.2 Å². The summed E-state index contributed by atoms with van der Waals surface area (Å²) in [6.07, 6.45) is -3.43. The Balaban J connectivity index is 1.94. The minimum absolute atomic E-state index is 0.0781. The summed E-state index contributed by atoms with van der Waals surface area (Å²) in [7, 11) is 3.15. The zero-order valence-corrected chi connectivity index (χ0v) is 21.4. The molecule has 0 aliphatic carbocycles. The second kappa shape index (κ2) is 12.6. The first-order chi connectivity index (χ1) is 17.6. The maximum atomic E-state index is 13.0. The zero-order chi connectivity index (χ0) is 27.0. The van der Waals surface area contributed by atoms with Gasteiger partial charge in [0.1, 0.15) is 6.04 Å². The standard InChI is InChI=1S/C29H33F3N2O3/c1-19(2)37-26-18-22(13-17-25(26)36-4)24(16-12-20-10-14-23(15-11-20)29(30,31)32)34-27(28(35)33-3)21-8-6-5-7-9-21/h5-11,13-15,17-19,24,27,34H,12,16H2,1-4H3,(H,33,35)/t24-,27+/m1/s1. The van der Waals surface area contributed by atoms with Crippen molar-refractivity contribution in [2.45, 2.75) is 51.1 Å². The Labute approximate surface area is 216 Å². The molecule has 0 bridgehead atoms. The number of nitrogens with one attached hydrogen (secondary N) is 2. The number of methoxy groups -OCH3 is 1. The second-order valence-electron chi connectivity index (χ2n) is 8.99. The third-order valence-corrected chi connectivity index (χ3v) is 5.97. The maximum Gasteiger partial charge on any atom is 0.416 e. The van der Waals surface area contributed by atoms with Crippen LogP contribution >= 0.6 is 0 Å². The van der Waals surface area contributed by atoms with Crippen molar-refractivity contribution < 1.29 is 27.4 Å². The van der Waals surface area contributed by atoms with Crippen LogP contribution in [0.5, 0.6) is 11.5 Å². The fourth-order valence-corrected chi connectivity index (χ4v) is 4.09. The predicted octanol–water partition coefficient (Wildman–Crippen LogP) is 6.25. The lowest BCUT2D eigenvalue weighted by molar-refractivity contribution is -0.137. The quantitative estimate of drug-likeness (QED) is 0.318. The molecule has 3 aromatic carbocycles. The molecule has 8 heteroatoms. The van der Waals surface area contributed by atoms with Crippen molar-refractivity contribution in [2.75, 3.05) is 14.2 Å². The summed E-state index contributed by atoms with van der Waals surface area (Å²) < 4.78 is 50.4. The number of halogens is 3. The van der Waals surface area contributed by atoms with Crippen LogP contribution in [0, 0.1) is 0 Å². The Kier molecular flexibility index (Phi) is 9.58. The van der Waals surface area contributed by atoms with Crippen LogP contribution < -0.4 is 20.1 Å². The van der Waals surface area contributed by atoms with Crippen molar-refractivity contribution >= 4 is 5.91 Å². The molecular weight excluding hydrogens is 481 g/mol. The molecule has 0 fully saturated rings. The van der Waals surface area contributed by atoms with E-state index in [2.05, 4.69) is 10.6 Å². The SMILES string of the molecule is CNC(=O)[C@@H](N[C@H](CCc1ccc(C(F)(F)F)cc1)c1ccc(OC)c(OC(C)C)c1)c1ccccc1. The van der Waals surface area contributed by atoms with Crippen molar-refractivity contribution in [1.82, 2.24) is 10.6 Å². The second-order valence-corrected chi connectivity index (χ2v) is 8.99. The molecule has 3 aromatic rings. The van der Waals surface area contributed by atoms with E-state index in [0.29, 0.717) is 24.3 Å². The number of amides is 1. The van der Waals surface area contributed by atoms with Crippen molar-refractivity contribution in [1.29, 1.82) is 0 Å². The number of ether oxygens (including phenoxy) is 2. The summed E-state index contributed by atoms with van der Waals surface area (Å²) in [6.45, 7) is 3.84. The Morgan fingerprint density at radius 3 is 2.16 bits per heavy atom. The zero-order valence-electron chi connectivity index (χ0n) is 21.4. The number of aryl methyl sites for hydroxylation is 1. The molecule has 198 valence electrons. The lowest BCUT2D eigenvalue weighted by Crippen LogP contribution is -2.38. The molecule has 3 rings (SSSR count). The number of likely N-dealkylation sites (N-methyl/N-ethyl adjacent to an activating group) is 1. The highest BCUT2D eigenvalue weighted by atomic mass is 19.4. The molecular formula is C29H33F3N2O3. The van der Waals surface area contributed by atoms with Gasteiger partial charge in [-0.15, -0.1) is 0 Å². The van der Waals surface area contributed by atoms with Gasteiger partial charge in [-0.05, 0) is 67.6 Å². The monoisotopic (exact) mass is 514 g/mol. The summed E-state index contributed by atoms with van der Waals surface area (Å²) in [5.74, 6) is 0.968. The maximum absolute atomic E-state index is 13.0. The van der Waals surface area contributed by atoms with E-state index in [0.717, 1.165) is 28.8 Å². The Morgan fingerprint density at radius 1 is 0.919 bits per heavy atom. The Morgan fingerprint density at radius 2 is 1.59 bits per heavy atom. The summed E-state index contributed by atoms with van der Waals surface area (Å²) in [5.41, 5.74) is 1.75. The van der Waals surface area contributed by atoms with Crippen molar-refractivity contribution in [3.8, 4) is 11.5 Å². The highest BCUT2D eigenvalue weighted by Gasteiger charge is 2.30. The van der Waals surface area contributed by atoms with Gasteiger partial charge in [0, 0.05) is 13.1 Å². The molecule has 0 spiro atoms. The summed E-state index contributed by atoms with van der Waals surface area (Å²) in [4.78, 5) is 12.9. The van der Waals surface area contributed by atoms with E-state index in [1.165, 1.54) is 12.1 Å². The lowest BCUT2D eigenvalue weighted by atomic mass is 9.95. The largest absolute Gasteiger partial charge is 0.493 e. The van der Waals surface area contributed by atoms with Crippen molar-refractivity contribution in [3.05, 3.63) is 95.1 Å². The van der Waals surface area contributed by atoms with E-state index in [4.69, 9.17) is 9.47 Å². The van der Waals surface area contributed by atoms with Gasteiger partial charge in [0.05, 0.1) is 18.8 Å². The van der Waals surface area contributed by atoms with E-state index in [9.17, 15) is 18.0 Å². The van der Waals surface area contributed by atoms with Gasteiger partial charge in [-0.2, -0.15) is 13.2 Å². The average Bonchev–Trinajstić information content (AvgIpc) is 2.88. The van der Waals surface area contributed by atoms with Gasteiger partial charge < -0.3 is 14.8 Å². The summed E-state index contributed by atoms with van der Waals surface area (Å²) in [5, 5.41) is 6.19. The van der Waals surface area contributed by atoms with Gasteiger partial charge in [-0.25, -0.2) is 0 Å². The minimum atomic E-state index is -4.38. The molecule has 2 atom stereocenters. The van der Waals surface area contributed by atoms with Crippen LogP contribution in [0.15, 0.2) is 72.8 Å². The first kappa shape index (κ1) is 28.1. The third kappa shape index (κ3) is 7.73. The molecule has 0 heterocycles. The fraction of sp³-hybridized carbons (Fsp3) is 0.345. The first-order valence-corrected chi connectivity index (χ1v) is 12.2. The Bertz CT molecular complexity index is 1150. The van der Waals surface area contributed by atoms with Gasteiger partial charge in [0.25, 0.3) is 0 Å². The molecule has 0 saturated heterocycles. The molecule has 2 N–H and O–H groups in total. The molecule has 37 heavy (non-hydrogen) atoms. The van der Waals surface area contributed by atoms with E-state index in [1.807, 2.05) is 62.4 Å². The van der Waals surface area contributed by atoms with Crippen LogP contribution in [-0.2, 0) is 17.4 Å². The number of carbonyl (C=O) groups excluding carboxylic acids is 1. The van der Waals surface area contributed by atoms with Crippen LogP contribution in [-0.4, -0.2) is 26.2 Å². The molecule has 5 nitrogen and oxygen atoms in total. The lowest BCUT2D eigenvalue weighted by Gasteiger charge is -2.27. The minimum Gasteiger partial charge on any atom is -0.493 e. The first-order valence-electron chi connectivity index (χ1n) is 12.2. The van der Waals surface area contributed by atoms with E-state index >= 15 is 0 Å². The molecule has 0 aliphatic rings. The van der Waals surface area contributed by atoms with Crippen molar-refractivity contribution in [3.63, 3.8) is 0 Å². The fourth-order valence-electron chi connectivity index (χ4n) is 4.09. The Hall–Kier alpha value is -3.52. The molecule has 0 saturated carbocycles. The number of carbonyl (C=O) groups is 1. The van der Waals surface area contributed by atoms with Gasteiger partial charge in [0.2, 0.25) is 5.91 Å². The average molecular weight is 515 g/mol. The smallest absolute Gasteiger partial charge is 0.416 e. The van der Waals surface area contributed by atoms with Gasteiger partial charge in [0.15, 0.2) is 11.5 Å². The number of rotatable bonds is 11. The number of benzene rings is 3. The third-order valence-electron chi connectivity index (χ3n) is 5.97.